The van der Waals surface area contributed by atoms with Gasteiger partial charge in [-0.2, -0.15) is 0 Å². The molecule has 0 fully saturated rings. The van der Waals surface area contributed by atoms with Crippen LogP contribution >= 0.6 is 0 Å². The van der Waals surface area contributed by atoms with E-state index >= 15 is 0 Å². The molecule has 0 saturated carbocycles. The van der Waals surface area contributed by atoms with Crippen LogP contribution in [0.15, 0.2) is 24.3 Å². The third-order valence-electron chi connectivity index (χ3n) is 2.87. The lowest BCUT2D eigenvalue weighted by atomic mass is 10.0. The fraction of sp³-hybridized carbons (Fsp3) is 0.417. The van der Waals surface area contributed by atoms with Gasteiger partial charge in [0.05, 0.1) is 6.04 Å². The lowest BCUT2D eigenvalue weighted by Gasteiger charge is -2.11. The average Bonchev–Trinajstić information content (AvgIpc) is 2.44. The summed E-state index contributed by atoms with van der Waals surface area (Å²) in [7, 11) is 0. The van der Waals surface area contributed by atoms with E-state index in [9.17, 15) is 4.79 Å². The Morgan fingerprint density at radius 3 is 2.64 bits per heavy atom. The smallest absolute Gasteiger partial charge is 0.217 e. The molecule has 0 saturated heterocycles. The molecule has 2 nitrogen and oxygen atoms in total. The van der Waals surface area contributed by atoms with Crippen molar-refractivity contribution in [1.82, 2.24) is 5.32 Å². The van der Waals surface area contributed by atoms with E-state index in [0.29, 0.717) is 5.92 Å². The van der Waals surface area contributed by atoms with Gasteiger partial charge in [0.1, 0.15) is 0 Å². The number of benzene rings is 1. The average molecular weight is 189 g/mol. The number of carbonyl (C=O) groups is 1. The normalized spacial score (nSPS) is 24.4. The molecule has 1 aliphatic carbocycles. The Labute approximate surface area is 84.3 Å². The Balaban J connectivity index is 2.29. The first-order valence-corrected chi connectivity index (χ1v) is 5.04. The Bertz CT molecular complexity index is 359. The van der Waals surface area contributed by atoms with Crippen LogP contribution in [0.2, 0.25) is 0 Å². The first kappa shape index (κ1) is 9.25. The fourth-order valence-corrected chi connectivity index (χ4v) is 2.27. The lowest BCUT2D eigenvalue weighted by molar-refractivity contribution is -0.119. The van der Waals surface area contributed by atoms with E-state index in [1.54, 1.807) is 6.92 Å². The van der Waals surface area contributed by atoms with E-state index in [0.717, 1.165) is 6.42 Å². The Morgan fingerprint density at radius 1 is 1.36 bits per heavy atom. The molecule has 2 unspecified atom stereocenters. The molecule has 0 radical (unpaired) electrons. The summed E-state index contributed by atoms with van der Waals surface area (Å²) in [6.45, 7) is 3.78. The molecule has 1 amide bonds. The lowest BCUT2D eigenvalue weighted by Crippen LogP contribution is -2.24. The minimum absolute atomic E-state index is 0.0545. The topological polar surface area (TPSA) is 29.1 Å². The Hall–Kier alpha value is -1.31. The summed E-state index contributed by atoms with van der Waals surface area (Å²) < 4.78 is 0. The van der Waals surface area contributed by atoms with Crippen LogP contribution in [-0.2, 0) is 4.79 Å². The van der Waals surface area contributed by atoms with Crippen LogP contribution < -0.4 is 5.32 Å². The van der Waals surface area contributed by atoms with E-state index in [-0.39, 0.29) is 11.9 Å². The van der Waals surface area contributed by atoms with Gasteiger partial charge in [-0.25, -0.2) is 0 Å². The minimum atomic E-state index is 0.0545. The van der Waals surface area contributed by atoms with Crippen molar-refractivity contribution in [3.63, 3.8) is 0 Å². The maximum atomic E-state index is 11.0. The highest BCUT2D eigenvalue weighted by Gasteiger charge is 2.27. The van der Waals surface area contributed by atoms with Crippen molar-refractivity contribution in [2.24, 2.45) is 0 Å². The molecule has 1 aromatic rings. The van der Waals surface area contributed by atoms with Crippen LogP contribution in [0.1, 0.15) is 43.4 Å². The van der Waals surface area contributed by atoms with Gasteiger partial charge in [-0.05, 0) is 23.5 Å². The summed E-state index contributed by atoms with van der Waals surface area (Å²) in [5.41, 5.74) is 2.67. The van der Waals surface area contributed by atoms with Gasteiger partial charge in [0.15, 0.2) is 0 Å². The highest BCUT2D eigenvalue weighted by Crippen LogP contribution is 2.39. The van der Waals surface area contributed by atoms with Gasteiger partial charge in [-0.3, -0.25) is 4.79 Å². The SMILES string of the molecule is CC(=O)NC1CC(C)c2ccccc21. The van der Waals surface area contributed by atoms with Crippen LogP contribution in [0.4, 0.5) is 0 Å². The number of fused-ring (bicyclic) bond motifs is 1. The van der Waals surface area contributed by atoms with Gasteiger partial charge in [-0.15, -0.1) is 0 Å². The molecule has 0 bridgehead atoms. The van der Waals surface area contributed by atoms with E-state index in [2.05, 4.69) is 30.4 Å². The number of hydrogen-bond acceptors (Lipinski definition) is 1. The van der Waals surface area contributed by atoms with Gasteiger partial charge in [-0.1, -0.05) is 31.2 Å². The van der Waals surface area contributed by atoms with Crippen molar-refractivity contribution >= 4 is 5.91 Å². The summed E-state index contributed by atoms with van der Waals surface area (Å²) >= 11 is 0. The van der Waals surface area contributed by atoms with Crippen LogP contribution in [-0.4, -0.2) is 5.91 Å². The van der Waals surface area contributed by atoms with E-state index in [1.807, 2.05) is 6.07 Å². The summed E-state index contributed by atoms with van der Waals surface area (Å²) in [4.78, 5) is 11.0. The van der Waals surface area contributed by atoms with E-state index in [4.69, 9.17) is 0 Å². The van der Waals surface area contributed by atoms with Gasteiger partial charge in [0, 0.05) is 6.92 Å². The first-order chi connectivity index (χ1) is 6.68. The van der Waals surface area contributed by atoms with Crippen molar-refractivity contribution in [3.05, 3.63) is 35.4 Å². The quantitative estimate of drug-likeness (QED) is 0.722. The predicted octanol–water partition coefficient (Wildman–Crippen LogP) is 2.37. The zero-order valence-electron chi connectivity index (χ0n) is 8.58. The predicted molar refractivity (Wildman–Crippen MR) is 56.0 cm³/mol. The van der Waals surface area contributed by atoms with Gasteiger partial charge >= 0.3 is 0 Å². The highest BCUT2D eigenvalue weighted by molar-refractivity contribution is 5.73. The molecule has 0 heterocycles. The Morgan fingerprint density at radius 2 is 2.00 bits per heavy atom. The summed E-state index contributed by atoms with van der Waals surface area (Å²) in [5.74, 6) is 0.613. The molecule has 1 aromatic carbocycles. The second-order valence-electron chi connectivity index (χ2n) is 4.02. The third kappa shape index (κ3) is 1.52. The molecular weight excluding hydrogens is 174 g/mol. The van der Waals surface area contributed by atoms with Crippen LogP contribution in [0.3, 0.4) is 0 Å². The zero-order chi connectivity index (χ0) is 10.1. The maximum Gasteiger partial charge on any atom is 0.217 e. The molecular formula is C12H15NO. The number of rotatable bonds is 1. The zero-order valence-corrected chi connectivity index (χ0v) is 8.58. The fourth-order valence-electron chi connectivity index (χ4n) is 2.27. The largest absolute Gasteiger partial charge is 0.350 e. The van der Waals surface area contributed by atoms with Crippen molar-refractivity contribution in [3.8, 4) is 0 Å². The summed E-state index contributed by atoms with van der Waals surface area (Å²) in [6.07, 6.45) is 1.03. The maximum absolute atomic E-state index is 11.0. The molecule has 1 aliphatic rings. The van der Waals surface area contributed by atoms with E-state index in [1.165, 1.54) is 11.1 Å². The standard InChI is InChI=1S/C12H15NO/c1-8-7-12(13-9(2)14)11-6-4-3-5-10(8)11/h3-6,8,12H,7H2,1-2H3,(H,13,14). The summed E-state index contributed by atoms with van der Waals surface area (Å²) in [5, 5.41) is 2.99. The van der Waals surface area contributed by atoms with Crippen molar-refractivity contribution < 1.29 is 4.79 Å². The molecule has 2 heteroatoms. The molecule has 0 spiro atoms. The summed E-state index contributed by atoms with van der Waals surface area (Å²) in [6, 6.07) is 8.58. The van der Waals surface area contributed by atoms with Crippen molar-refractivity contribution in [1.29, 1.82) is 0 Å². The number of nitrogens with one attached hydrogen (secondary N) is 1. The molecule has 1 N–H and O–H groups in total. The molecule has 0 aliphatic heterocycles. The minimum Gasteiger partial charge on any atom is -0.350 e. The monoisotopic (exact) mass is 189 g/mol. The molecule has 2 atom stereocenters. The number of amides is 1. The highest BCUT2D eigenvalue weighted by atomic mass is 16.1. The second-order valence-corrected chi connectivity index (χ2v) is 4.02. The first-order valence-electron chi connectivity index (χ1n) is 5.04. The molecule has 0 aromatic heterocycles. The third-order valence-corrected chi connectivity index (χ3v) is 2.87. The van der Waals surface area contributed by atoms with Crippen LogP contribution in [0, 0.1) is 0 Å². The van der Waals surface area contributed by atoms with Crippen molar-refractivity contribution in [2.75, 3.05) is 0 Å². The van der Waals surface area contributed by atoms with Gasteiger partial charge in [0.25, 0.3) is 0 Å². The van der Waals surface area contributed by atoms with E-state index < -0.39 is 0 Å². The molecule has 14 heavy (non-hydrogen) atoms. The number of carbonyl (C=O) groups excluding carboxylic acids is 1. The van der Waals surface area contributed by atoms with Crippen LogP contribution in [0.5, 0.6) is 0 Å². The van der Waals surface area contributed by atoms with Crippen molar-refractivity contribution in [2.45, 2.75) is 32.2 Å². The Kier molecular flexibility index (Phi) is 2.28. The molecule has 74 valence electrons. The second kappa shape index (κ2) is 3.45. The van der Waals surface area contributed by atoms with Gasteiger partial charge in [0.2, 0.25) is 5.91 Å². The van der Waals surface area contributed by atoms with Gasteiger partial charge < -0.3 is 5.32 Å². The van der Waals surface area contributed by atoms with Crippen LogP contribution in [0.25, 0.3) is 0 Å². The molecule has 2 rings (SSSR count). The number of hydrogen-bond donors (Lipinski definition) is 1.